The SMILES string of the molecule is CC1c2cc(Cl)ccc2[C@@H]2[C@@H](c3cccc(Cl)c3)C[C@](C)(CC(=O)O)C(=O)N2C1CS(=O)(=O)C(C)C. The zero-order chi connectivity index (χ0) is 26.6. The molecule has 0 bridgehead atoms. The van der Waals surface area contributed by atoms with Crippen molar-refractivity contribution in [2.75, 3.05) is 5.75 Å². The lowest BCUT2D eigenvalue weighted by molar-refractivity contribution is -0.161. The molecule has 9 heteroatoms. The van der Waals surface area contributed by atoms with E-state index in [-0.39, 0.29) is 29.9 Å². The lowest BCUT2D eigenvalue weighted by Gasteiger charge is -2.56. The molecule has 0 radical (unpaired) electrons. The highest BCUT2D eigenvalue weighted by atomic mass is 35.5. The topological polar surface area (TPSA) is 91.8 Å². The van der Waals surface area contributed by atoms with Gasteiger partial charge in [-0.25, -0.2) is 8.42 Å². The molecule has 2 unspecified atom stereocenters. The normalized spacial score (nSPS) is 28.1. The Morgan fingerprint density at radius 3 is 2.42 bits per heavy atom. The number of hydrogen-bond acceptors (Lipinski definition) is 4. The minimum atomic E-state index is -3.53. The van der Waals surface area contributed by atoms with Gasteiger partial charge in [0.25, 0.3) is 0 Å². The number of sulfone groups is 1. The Balaban J connectivity index is 1.98. The molecule has 2 aromatic rings. The van der Waals surface area contributed by atoms with Gasteiger partial charge in [-0.1, -0.05) is 55.2 Å². The number of hydrogen-bond donors (Lipinski definition) is 1. The molecule has 2 heterocycles. The maximum Gasteiger partial charge on any atom is 0.304 e. The van der Waals surface area contributed by atoms with Crippen LogP contribution < -0.4 is 0 Å². The number of nitrogens with zero attached hydrogens (tertiary/aromatic N) is 1. The van der Waals surface area contributed by atoms with Gasteiger partial charge in [0.05, 0.1) is 34.9 Å². The molecule has 2 aromatic carbocycles. The number of aliphatic carboxylic acids is 1. The first kappa shape index (κ1) is 27.0. The predicted molar refractivity (Wildman–Crippen MR) is 141 cm³/mol. The lowest BCUT2D eigenvalue weighted by atomic mass is 9.64. The van der Waals surface area contributed by atoms with Crippen molar-refractivity contribution in [1.82, 2.24) is 4.90 Å². The first-order valence-corrected chi connectivity index (χ1v) is 14.5. The van der Waals surface area contributed by atoms with E-state index in [4.69, 9.17) is 23.2 Å². The van der Waals surface area contributed by atoms with E-state index in [0.717, 1.165) is 16.7 Å². The maximum absolute atomic E-state index is 14.2. The molecule has 1 saturated heterocycles. The van der Waals surface area contributed by atoms with Gasteiger partial charge in [-0.2, -0.15) is 0 Å². The Labute approximate surface area is 222 Å². The van der Waals surface area contributed by atoms with Gasteiger partial charge < -0.3 is 10.0 Å². The second kappa shape index (κ2) is 9.66. The molecule has 0 saturated carbocycles. The highest BCUT2D eigenvalue weighted by Crippen LogP contribution is 2.56. The fraction of sp³-hybridized carbons (Fsp3) is 0.481. The largest absolute Gasteiger partial charge is 0.481 e. The maximum atomic E-state index is 14.2. The first-order chi connectivity index (χ1) is 16.7. The number of carboxylic acids is 1. The molecule has 1 amide bonds. The quantitative estimate of drug-likeness (QED) is 0.486. The van der Waals surface area contributed by atoms with Crippen LogP contribution in [0.1, 0.15) is 75.1 Å². The number of piperidine rings is 1. The predicted octanol–water partition coefficient (Wildman–Crippen LogP) is 5.84. The van der Waals surface area contributed by atoms with E-state index < -0.39 is 38.6 Å². The number of carboxylic acid groups (broad SMARTS) is 1. The molecule has 6 nitrogen and oxygen atoms in total. The van der Waals surface area contributed by atoms with Gasteiger partial charge in [0.2, 0.25) is 5.91 Å². The Morgan fingerprint density at radius 1 is 1.14 bits per heavy atom. The molecule has 5 atom stereocenters. The third-order valence-electron chi connectivity index (χ3n) is 7.83. The molecule has 0 spiro atoms. The summed E-state index contributed by atoms with van der Waals surface area (Å²) in [5, 5.41) is 10.2. The zero-order valence-corrected chi connectivity index (χ0v) is 23.1. The van der Waals surface area contributed by atoms with Gasteiger partial charge in [0.1, 0.15) is 0 Å². The molecule has 4 rings (SSSR count). The monoisotopic (exact) mass is 551 g/mol. The van der Waals surface area contributed by atoms with Crippen molar-refractivity contribution in [2.24, 2.45) is 5.41 Å². The van der Waals surface area contributed by atoms with Crippen LogP contribution in [-0.2, 0) is 19.4 Å². The van der Waals surface area contributed by atoms with Crippen LogP contribution in [0.25, 0.3) is 0 Å². The van der Waals surface area contributed by atoms with Crippen molar-refractivity contribution in [3.63, 3.8) is 0 Å². The summed E-state index contributed by atoms with van der Waals surface area (Å²) >= 11 is 12.7. The van der Waals surface area contributed by atoms with Crippen LogP contribution in [0.5, 0.6) is 0 Å². The Hall–Kier alpha value is -2.09. The van der Waals surface area contributed by atoms with Gasteiger partial charge in [-0.05, 0) is 61.2 Å². The van der Waals surface area contributed by atoms with Gasteiger partial charge in [-0.15, -0.1) is 0 Å². The standard InChI is InChI=1S/C27H31Cl2NO5S/c1-15(2)36(34,35)14-23-16(3)21-11-19(29)8-9-20(21)25-22(17-6-5-7-18(28)10-17)12-27(4,13-24(31)32)26(33)30(23)25/h5-11,15-16,22-23,25H,12-14H2,1-4H3,(H,31,32)/t16?,22-,23?,25-,27-/m1/s1. The summed E-state index contributed by atoms with van der Waals surface area (Å²) in [5.41, 5.74) is 1.48. The van der Waals surface area contributed by atoms with Crippen LogP contribution in [0.3, 0.4) is 0 Å². The van der Waals surface area contributed by atoms with Gasteiger partial charge >= 0.3 is 5.97 Å². The minimum Gasteiger partial charge on any atom is -0.481 e. The molecule has 0 aromatic heterocycles. The second-order valence-corrected chi connectivity index (χ2v) is 14.1. The third-order valence-corrected chi connectivity index (χ3v) is 10.5. The van der Waals surface area contributed by atoms with Crippen molar-refractivity contribution >= 4 is 44.9 Å². The zero-order valence-electron chi connectivity index (χ0n) is 20.7. The average Bonchev–Trinajstić information content (AvgIpc) is 2.78. The summed E-state index contributed by atoms with van der Waals surface area (Å²) in [6.07, 6.45) is -0.0582. The molecule has 2 aliphatic rings. The average molecular weight is 553 g/mol. The molecule has 194 valence electrons. The highest BCUT2D eigenvalue weighted by Gasteiger charge is 2.56. The first-order valence-electron chi connectivity index (χ1n) is 12.1. The second-order valence-electron chi connectivity index (χ2n) is 10.7. The van der Waals surface area contributed by atoms with Crippen LogP contribution in [0.2, 0.25) is 10.0 Å². The summed E-state index contributed by atoms with van der Waals surface area (Å²) in [6.45, 7) is 6.85. The number of rotatable bonds is 6. The van der Waals surface area contributed by atoms with Gasteiger partial charge in [0.15, 0.2) is 9.84 Å². The number of amides is 1. The van der Waals surface area contributed by atoms with Crippen LogP contribution in [-0.4, -0.2) is 47.3 Å². The minimum absolute atomic E-state index is 0.217. The van der Waals surface area contributed by atoms with Crippen LogP contribution in [0, 0.1) is 5.41 Å². The Kier molecular flexibility index (Phi) is 7.23. The smallest absolute Gasteiger partial charge is 0.304 e. The van der Waals surface area contributed by atoms with Crippen molar-refractivity contribution in [3.05, 3.63) is 69.2 Å². The van der Waals surface area contributed by atoms with Crippen molar-refractivity contribution < 1.29 is 23.1 Å². The van der Waals surface area contributed by atoms with E-state index in [1.807, 2.05) is 37.3 Å². The van der Waals surface area contributed by atoms with E-state index >= 15 is 0 Å². The lowest BCUT2D eigenvalue weighted by Crippen LogP contribution is -2.60. The summed E-state index contributed by atoms with van der Waals surface area (Å²) in [6, 6.07) is 11.8. The molecular weight excluding hydrogens is 521 g/mol. The Bertz CT molecular complexity index is 1310. The Morgan fingerprint density at radius 2 is 1.81 bits per heavy atom. The summed E-state index contributed by atoms with van der Waals surface area (Å²) in [7, 11) is -3.53. The van der Waals surface area contributed by atoms with E-state index in [1.54, 1.807) is 37.8 Å². The number of benzene rings is 2. The van der Waals surface area contributed by atoms with Gasteiger partial charge in [-0.3, -0.25) is 9.59 Å². The van der Waals surface area contributed by atoms with Crippen LogP contribution >= 0.6 is 23.2 Å². The fourth-order valence-electron chi connectivity index (χ4n) is 5.87. The van der Waals surface area contributed by atoms with E-state index in [9.17, 15) is 23.1 Å². The third kappa shape index (κ3) is 4.77. The van der Waals surface area contributed by atoms with Crippen molar-refractivity contribution in [2.45, 2.75) is 69.7 Å². The van der Waals surface area contributed by atoms with Crippen molar-refractivity contribution in [1.29, 1.82) is 0 Å². The molecule has 36 heavy (non-hydrogen) atoms. The van der Waals surface area contributed by atoms with Gasteiger partial charge in [0, 0.05) is 21.9 Å². The number of halogens is 2. The molecule has 2 aliphatic heterocycles. The molecule has 1 fully saturated rings. The van der Waals surface area contributed by atoms with E-state index in [0.29, 0.717) is 16.5 Å². The van der Waals surface area contributed by atoms with Crippen molar-refractivity contribution in [3.8, 4) is 0 Å². The van der Waals surface area contributed by atoms with Crippen LogP contribution in [0.4, 0.5) is 0 Å². The number of fused-ring (bicyclic) bond motifs is 3. The summed E-state index contributed by atoms with van der Waals surface area (Å²) in [4.78, 5) is 27.7. The van der Waals surface area contributed by atoms with E-state index in [1.165, 1.54) is 0 Å². The van der Waals surface area contributed by atoms with Crippen LogP contribution in [0.15, 0.2) is 42.5 Å². The summed E-state index contributed by atoms with van der Waals surface area (Å²) in [5.74, 6) is -2.23. The fourth-order valence-corrected chi connectivity index (χ4v) is 7.56. The molecule has 1 N–H and O–H groups in total. The van der Waals surface area contributed by atoms with E-state index in [2.05, 4.69) is 0 Å². The molecule has 0 aliphatic carbocycles. The number of carbonyl (C=O) groups excluding carboxylic acids is 1. The number of carbonyl (C=O) groups is 2. The molecular formula is C27H31Cl2NO5S. The summed E-state index contributed by atoms with van der Waals surface area (Å²) < 4.78 is 26.3. The highest BCUT2D eigenvalue weighted by molar-refractivity contribution is 7.92.